The summed E-state index contributed by atoms with van der Waals surface area (Å²) in [6.07, 6.45) is -0.745. The Morgan fingerprint density at radius 1 is 1.03 bits per heavy atom. The number of esters is 1. The van der Waals surface area contributed by atoms with E-state index in [0.29, 0.717) is 18.1 Å². The maximum absolute atomic E-state index is 12.8. The third-order valence-corrected chi connectivity index (χ3v) is 5.48. The normalized spacial score (nSPS) is 12.0. The van der Waals surface area contributed by atoms with E-state index in [1.165, 1.54) is 5.56 Å². The van der Waals surface area contributed by atoms with Crippen LogP contribution in [0.2, 0.25) is 5.15 Å². The van der Waals surface area contributed by atoms with Gasteiger partial charge in [-0.15, -0.1) is 10.2 Å². The van der Waals surface area contributed by atoms with Crippen molar-refractivity contribution in [1.82, 2.24) is 20.0 Å². The van der Waals surface area contributed by atoms with Crippen LogP contribution in [0.4, 0.5) is 0 Å². The highest BCUT2D eigenvalue weighted by Crippen LogP contribution is 2.27. The molecular formula is C24H23ClN4O3. The third-order valence-electron chi connectivity index (χ3n) is 5.09. The first kappa shape index (κ1) is 21.8. The van der Waals surface area contributed by atoms with Gasteiger partial charge in [0, 0.05) is 5.56 Å². The van der Waals surface area contributed by atoms with Crippen molar-refractivity contribution in [3.63, 3.8) is 0 Å². The average Bonchev–Trinajstić information content (AvgIpc) is 3.35. The number of hydrogen-bond acceptors (Lipinski definition) is 6. The number of carbonyl (C=O) groups is 1. The van der Waals surface area contributed by atoms with Gasteiger partial charge in [-0.3, -0.25) is 0 Å². The summed E-state index contributed by atoms with van der Waals surface area (Å²) < 4.78 is 12.9. The van der Waals surface area contributed by atoms with Crippen molar-refractivity contribution < 1.29 is 13.9 Å². The molecule has 0 bridgehead atoms. The first-order chi connectivity index (χ1) is 15.3. The molecule has 0 saturated carbocycles. The monoisotopic (exact) mass is 450 g/mol. The van der Waals surface area contributed by atoms with Crippen molar-refractivity contribution in [1.29, 1.82) is 0 Å². The van der Waals surface area contributed by atoms with Gasteiger partial charge < -0.3 is 9.15 Å². The number of aromatic nitrogens is 4. The number of rotatable bonds is 6. The number of nitrogens with zero attached hydrogens (tertiary/aromatic N) is 4. The fraction of sp³-hybridized carbons (Fsp3) is 0.250. The van der Waals surface area contributed by atoms with Crippen molar-refractivity contribution in [2.45, 2.75) is 40.3 Å². The van der Waals surface area contributed by atoms with Crippen LogP contribution in [-0.2, 0) is 11.3 Å². The fourth-order valence-electron chi connectivity index (χ4n) is 3.24. The van der Waals surface area contributed by atoms with Gasteiger partial charge in [0.2, 0.25) is 5.89 Å². The fourth-order valence-corrected chi connectivity index (χ4v) is 3.55. The van der Waals surface area contributed by atoms with E-state index < -0.39 is 12.1 Å². The number of ether oxygens (including phenoxy) is 1. The van der Waals surface area contributed by atoms with E-state index in [-0.39, 0.29) is 16.6 Å². The molecule has 0 spiro atoms. The summed E-state index contributed by atoms with van der Waals surface area (Å²) in [5.41, 5.74) is 4.84. The summed E-state index contributed by atoms with van der Waals surface area (Å²) in [6, 6.07) is 15.8. The van der Waals surface area contributed by atoms with Gasteiger partial charge in [-0.25, -0.2) is 9.48 Å². The maximum atomic E-state index is 12.8. The lowest BCUT2D eigenvalue weighted by Crippen LogP contribution is -2.11. The zero-order chi connectivity index (χ0) is 22.8. The zero-order valence-electron chi connectivity index (χ0n) is 18.3. The van der Waals surface area contributed by atoms with Gasteiger partial charge in [0.1, 0.15) is 10.7 Å². The molecule has 4 rings (SSSR count). The molecule has 1 atom stereocenters. The Morgan fingerprint density at radius 2 is 1.66 bits per heavy atom. The summed E-state index contributed by atoms with van der Waals surface area (Å²) in [5, 5.41) is 12.7. The van der Waals surface area contributed by atoms with Gasteiger partial charge in [-0.2, -0.15) is 5.10 Å². The Hall–Kier alpha value is -3.45. The molecule has 2 heterocycles. The summed E-state index contributed by atoms with van der Waals surface area (Å²) in [7, 11) is 0. The molecule has 0 radical (unpaired) electrons. The van der Waals surface area contributed by atoms with Crippen LogP contribution in [0.3, 0.4) is 0 Å². The van der Waals surface area contributed by atoms with E-state index in [4.69, 9.17) is 20.8 Å². The number of carbonyl (C=O) groups excluding carboxylic acids is 1. The number of benzene rings is 2. The van der Waals surface area contributed by atoms with Crippen LogP contribution in [0.25, 0.3) is 11.5 Å². The Morgan fingerprint density at radius 3 is 2.31 bits per heavy atom. The Kier molecular flexibility index (Phi) is 6.10. The van der Waals surface area contributed by atoms with Gasteiger partial charge >= 0.3 is 5.97 Å². The average molecular weight is 451 g/mol. The summed E-state index contributed by atoms with van der Waals surface area (Å²) in [4.78, 5) is 12.8. The number of aryl methyl sites for hydroxylation is 3. The number of halogens is 1. The van der Waals surface area contributed by atoms with Gasteiger partial charge in [-0.1, -0.05) is 59.1 Å². The highest BCUT2D eigenvalue weighted by molar-refractivity contribution is 6.32. The molecule has 2 aromatic heterocycles. The lowest BCUT2D eigenvalue weighted by Gasteiger charge is -2.09. The first-order valence-electron chi connectivity index (χ1n) is 10.2. The maximum Gasteiger partial charge on any atom is 0.343 e. The van der Waals surface area contributed by atoms with Crippen LogP contribution in [-0.4, -0.2) is 25.9 Å². The SMILES string of the molecule is Cc1ccc(Cn2nc(C)c(C(=O)OC(C)c3nnc(-c4ccc(C)cc4)o3)c2Cl)cc1. The number of hydrogen-bond donors (Lipinski definition) is 0. The molecule has 0 aliphatic carbocycles. The van der Waals surface area contributed by atoms with Crippen molar-refractivity contribution >= 4 is 17.6 Å². The van der Waals surface area contributed by atoms with E-state index >= 15 is 0 Å². The van der Waals surface area contributed by atoms with Gasteiger partial charge in [0.15, 0.2) is 6.10 Å². The Balaban J connectivity index is 1.48. The van der Waals surface area contributed by atoms with Gasteiger partial charge in [-0.05, 0) is 45.4 Å². The molecule has 0 amide bonds. The van der Waals surface area contributed by atoms with Crippen LogP contribution < -0.4 is 0 Å². The molecule has 0 N–H and O–H groups in total. The second-order valence-corrected chi connectivity index (χ2v) is 8.11. The summed E-state index contributed by atoms with van der Waals surface area (Å²) in [5.74, 6) is -0.0250. The minimum atomic E-state index is -0.745. The van der Waals surface area contributed by atoms with Crippen molar-refractivity contribution in [3.05, 3.63) is 87.5 Å². The predicted octanol–water partition coefficient (Wildman–Crippen LogP) is 5.48. The largest absolute Gasteiger partial charge is 0.449 e. The molecule has 164 valence electrons. The summed E-state index contributed by atoms with van der Waals surface area (Å²) >= 11 is 6.48. The highest BCUT2D eigenvalue weighted by Gasteiger charge is 2.26. The van der Waals surface area contributed by atoms with E-state index in [1.807, 2.05) is 62.4 Å². The predicted molar refractivity (Wildman–Crippen MR) is 121 cm³/mol. The quantitative estimate of drug-likeness (QED) is 0.362. The molecule has 8 heteroatoms. The van der Waals surface area contributed by atoms with Crippen LogP contribution in [0.5, 0.6) is 0 Å². The second-order valence-electron chi connectivity index (χ2n) is 7.75. The van der Waals surface area contributed by atoms with Crippen LogP contribution >= 0.6 is 11.6 Å². The van der Waals surface area contributed by atoms with E-state index in [1.54, 1.807) is 18.5 Å². The molecule has 0 aliphatic rings. The Bertz CT molecular complexity index is 1240. The molecule has 0 saturated heterocycles. The molecule has 0 fully saturated rings. The molecule has 2 aromatic carbocycles. The lowest BCUT2D eigenvalue weighted by atomic mass is 10.1. The molecule has 7 nitrogen and oxygen atoms in total. The molecule has 4 aromatic rings. The van der Waals surface area contributed by atoms with Crippen molar-refractivity contribution in [2.24, 2.45) is 0 Å². The highest BCUT2D eigenvalue weighted by atomic mass is 35.5. The van der Waals surface area contributed by atoms with Gasteiger partial charge in [0.25, 0.3) is 5.89 Å². The molecule has 32 heavy (non-hydrogen) atoms. The van der Waals surface area contributed by atoms with Gasteiger partial charge in [0.05, 0.1) is 12.2 Å². The smallest absolute Gasteiger partial charge is 0.343 e. The van der Waals surface area contributed by atoms with E-state index in [2.05, 4.69) is 15.3 Å². The third kappa shape index (κ3) is 4.57. The molecular weight excluding hydrogens is 428 g/mol. The Labute approximate surface area is 191 Å². The summed E-state index contributed by atoms with van der Waals surface area (Å²) in [6.45, 7) is 7.87. The van der Waals surface area contributed by atoms with Crippen LogP contribution in [0, 0.1) is 20.8 Å². The minimum Gasteiger partial charge on any atom is -0.449 e. The minimum absolute atomic E-state index is 0.203. The van der Waals surface area contributed by atoms with Crippen molar-refractivity contribution in [3.8, 4) is 11.5 Å². The second kappa shape index (κ2) is 8.96. The first-order valence-corrected chi connectivity index (χ1v) is 10.6. The molecule has 0 aliphatic heterocycles. The van der Waals surface area contributed by atoms with Crippen LogP contribution in [0.1, 0.15) is 51.7 Å². The van der Waals surface area contributed by atoms with E-state index in [0.717, 1.165) is 16.7 Å². The standard InChI is InChI=1S/C24H23ClN4O3/c1-14-5-9-18(10-6-14)13-29-21(25)20(16(3)28-29)24(30)31-17(4)22-26-27-23(32-22)19-11-7-15(2)8-12-19/h5-12,17H,13H2,1-4H3. The van der Waals surface area contributed by atoms with Crippen LogP contribution in [0.15, 0.2) is 52.9 Å². The molecule has 1 unspecified atom stereocenters. The van der Waals surface area contributed by atoms with E-state index in [9.17, 15) is 4.79 Å². The van der Waals surface area contributed by atoms with Crippen molar-refractivity contribution in [2.75, 3.05) is 0 Å². The lowest BCUT2D eigenvalue weighted by molar-refractivity contribution is 0.0279. The topological polar surface area (TPSA) is 83.0 Å². The zero-order valence-corrected chi connectivity index (χ0v) is 19.1.